The van der Waals surface area contributed by atoms with E-state index in [1.807, 2.05) is 0 Å². The highest BCUT2D eigenvalue weighted by molar-refractivity contribution is 6.32. The molecule has 1 aromatic rings. The van der Waals surface area contributed by atoms with Gasteiger partial charge in [0.25, 0.3) is 5.91 Å². The van der Waals surface area contributed by atoms with E-state index in [-0.39, 0.29) is 18.4 Å². The Morgan fingerprint density at radius 1 is 1.41 bits per heavy atom. The van der Waals surface area contributed by atoms with Crippen molar-refractivity contribution in [2.24, 2.45) is 10.9 Å². The zero-order valence-electron chi connectivity index (χ0n) is 18.2. The number of morpholine rings is 1. The first kappa shape index (κ1) is 22.3. The van der Waals surface area contributed by atoms with Crippen molar-refractivity contribution in [3.8, 4) is 0 Å². The summed E-state index contributed by atoms with van der Waals surface area (Å²) in [5.74, 6) is -1.59. The molecule has 0 bridgehead atoms. The number of ether oxygens (including phenoxy) is 1. The third-order valence-electron chi connectivity index (χ3n) is 5.94. The third kappa shape index (κ3) is 4.64. The molecule has 170 valence electrons. The van der Waals surface area contributed by atoms with Crippen molar-refractivity contribution >= 4 is 28.8 Å². The molecule has 0 saturated carbocycles. The molecule has 3 heterocycles. The molecule has 1 aromatic carbocycles. The van der Waals surface area contributed by atoms with Crippen molar-refractivity contribution < 1.29 is 23.8 Å². The smallest absolute Gasteiger partial charge is 0.256 e. The molecule has 8 nitrogen and oxygen atoms in total. The SMILES string of the molecule is CC1=NC(C=C2C(=O)Nc3ccc(F)cc32)=C(C)C1C(=O)NCC(O)CN1CCOCC1. The number of carbonyl (C=O) groups is 2. The van der Waals surface area contributed by atoms with Crippen LogP contribution in [0, 0.1) is 11.7 Å². The van der Waals surface area contributed by atoms with Crippen LogP contribution in [0.15, 0.2) is 40.5 Å². The number of rotatable bonds is 6. The molecule has 2 amide bonds. The highest BCUT2D eigenvalue weighted by Crippen LogP contribution is 2.35. The van der Waals surface area contributed by atoms with Gasteiger partial charge in [-0.1, -0.05) is 0 Å². The van der Waals surface area contributed by atoms with Gasteiger partial charge in [-0.25, -0.2) is 4.39 Å². The lowest BCUT2D eigenvalue weighted by atomic mass is 9.95. The number of benzene rings is 1. The normalized spacial score (nSPS) is 23.2. The average Bonchev–Trinajstić information content (AvgIpc) is 3.22. The van der Waals surface area contributed by atoms with Gasteiger partial charge in [0.1, 0.15) is 5.82 Å². The number of halogens is 1. The van der Waals surface area contributed by atoms with Gasteiger partial charge in [-0.05, 0) is 43.7 Å². The molecule has 0 radical (unpaired) electrons. The van der Waals surface area contributed by atoms with Gasteiger partial charge < -0.3 is 20.5 Å². The summed E-state index contributed by atoms with van der Waals surface area (Å²) < 4.78 is 19.0. The minimum Gasteiger partial charge on any atom is -0.390 e. The Morgan fingerprint density at radius 3 is 2.91 bits per heavy atom. The van der Waals surface area contributed by atoms with Gasteiger partial charge in [0.15, 0.2) is 0 Å². The van der Waals surface area contributed by atoms with Crippen molar-refractivity contribution in [2.75, 3.05) is 44.7 Å². The summed E-state index contributed by atoms with van der Waals surface area (Å²) in [5.41, 5.74) is 3.15. The number of aliphatic imine (C=N–C) groups is 1. The van der Waals surface area contributed by atoms with Crippen LogP contribution in [0.5, 0.6) is 0 Å². The summed E-state index contributed by atoms with van der Waals surface area (Å²) in [7, 11) is 0. The van der Waals surface area contributed by atoms with Crippen LogP contribution in [0.4, 0.5) is 10.1 Å². The molecule has 4 rings (SSSR count). The lowest BCUT2D eigenvalue weighted by Gasteiger charge is -2.28. The summed E-state index contributed by atoms with van der Waals surface area (Å²) >= 11 is 0. The average molecular weight is 442 g/mol. The van der Waals surface area contributed by atoms with Gasteiger partial charge >= 0.3 is 0 Å². The van der Waals surface area contributed by atoms with E-state index in [1.165, 1.54) is 18.2 Å². The number of aliphatic hydroxyl groups excluding tert-OH is 1. The number of β-amino-alcohol motifs (C(OH)–C–C–N with tert-alkyl or cyclic N) is 1. The zero-order chi connectivity index (χ0) is 22.8. The Morgan fingerprint density at radius 2 is 2.16 bits per heavy atom. The highest BCUT2D eigenvalue weighted by atomic mass is 19.1. The molecular formula is C23H27FN4O4. The van der Waals surface area contributed by atoms with Crippen molar-refractivity contribution in [1.29, 1.82) is 0 Å². The zero-order valence-corrected chi connectivity index (χ0v) is 18.2. The monoisotopic (exact) mass is 442 g/mol. The fraction of sp³-hybridized carbons (Fsp3) is 0.435. The number of aliphatic hydroxyl groups is 1. The van der Waals surface area contributed by atoms with Gasteiger partial charge in [-0.2, -0.15) is 0 Å². The number of allylic oxidation sites excluding steroid dienone is 1. The Kier molecular flexibility index (Phi) is 6.50. The second-order valence-electron chi connectivity index (χ2n) is 8.27. The van der Waals surface area contributed by atoms with Crippen LogP contribution in [0.1, 0.15) is 19.4 Å². The van der Waals surface area contributed by atoms with Crippen molar-refractivity contribution in [2.45, 2.75) is 20.0 Å². The van der Waals surface area contributed by atoms with E-state index in [1.54, 1.807) is 19.9 Å². The van der Waals surface area contributed by atoms with Crippen LogP contribution >= 0.6 is 0 Å². The van der Waals surface area contributed by atoms with E-state index in [0.717, 1.165) is 13.1 Å². The molecule has 0 aliphatic carbocycles. The predicted octanol–water partition coefficient (Wildman–Crippen LogP) is 1.34. The molecule has 0 aromatic heterocycles. The summed E-state index contributed by atoms with van der Waals surface area (Å²) in [6, 6.07) is 4.12. The summed E-state index contributed by atoms with van der Waals surface area (Å²) in [4.78, 5) is 31.8. The topological polar surface area (TPSA) is 103 Å². The molecule has 1 fully saturated rings. The van der Waals surface area contributed by atoms with Gasteiger partial charge in [-0.3, -0.25) is 19.5 Å². The van der Waals surface area contributed by atoms with Crippen molar-refractivity contribution in [3.05, 3.63) is 46.9 Å². The molecule has 9 heteroatoms. The van der Waals surface area contributed by atoms with E-state index in [2.05, 4.69) is 20.5 Å². The number of anilines is 1. The maximum Gasteiger partial charge on any atom is 0.256 e. The molecule has 0 spiro atoms. The number of hydrogen-bond acceptors (Lipinski definition) is 6. The first-order chi connectivity index (χ1) is 15.3. The van der Waals surface area contributed by atoms with Crippen LogP contribution in [0.25, 0.3) is 5.57 Å². The Bertz CT molecular complexity index is 1030. The van der Waals surface area contributed by atoms with E-state index in [4.69, 9.17) is 4.74 Å². The molecule has 3 N–H and O–H groups in total. The standard InChI is InChI=1S/C23H27FN4O4/c1-13-20(10-18-17-9-15(24)3-4-19(17)27-22(18)30)26-14(2)21(13)23(31)25-11-16(29)12-28-5-7-32-8-6-28/h3-4,9-10,16,21,29H,5-8,11-12H2,1-2H3,(H,25,31)(H,27,30). The first-order valence-electron chi connectivity index (χ1n) is 10.7. The van der Waals surface area contributed by atoms with E-state index in [0.29, 0.717) is 53.6 Å². The first-order valence-corrected chi connectivity index (χ1v) is 10.7. The largest absolute Gasteiger partial charge is 0.390 e. The molecule has 32 heavy (non-hydrogen) atoms. The van der Waals surface area contributed by atoms with Crippen LogP contribution in [-0.4, -0.2) is 73.0 Å². The molecule has 3 aliphatic rings. The van der Waals surface area contributed by atoms with Crippen LogP contribution in [0.2, 0.25) is 0 Å². The van der Waals surface area contributed by atoms with Crippen LogP contribution in [0.3, 0.4) is 0 Å². The lowest BCUT2D eigenvalue weighted by Crippen LogP contribution is -2.45. The maximum atomic E-state index is 13.7. The number of carbonyl (C=O) groups excluding carboxylic acids is 2. The van der Waals surface area contributed by atoms with E-state index in [9.17, 15) is 19.1 Å². The van der Waals surface area contributed by atoms with E-state index < -0.39 is 17.8 Å². The van der Waals surface area contributed by atoms with Crippen molar-refractivity contribution in [3.63, 3.8) is 0 Å². The van der Waals surface area contributed by atoms with Gasteiger partial charge in [0.2, 0.25) is 5.91 Å². The highest BCUT2D eigenvalue weighted by Gasteiger charge is 2.32. The van der Waals surface area contributed by atoms with E-state index >= 15 is 0 Å². The summed E-state index contributed by atoms with van der Waals surface area (Å²) in [6.07, 6.45) is 0.912. The molecule has 1 saturated heterocycles. The molecule has 2 atom stereocenters. The fourth-order valence-corrected chi connectivity index (χ4v) is 4.24. The number of nitrogens with zero attached hydrogens (tertiary/aromatic N) is 2. The quantitative estimate of drug-likeness (QED) is 0.577. The summed E-state index contributed by atoms with van der Waals surface area (Å²) in [6.45, 7) is 6.98. The Hall–Kier alpha value is -2.88. The predicted molar refractivity (Wildman–Crippen MR) is 119 cm³/mol. The lowest BCUT2D eigenvalue weighted by molar-refractivity contribution is -0.122. The summed E-state index contributed by atoms with van der Waals surface area (Å²) in [5, 5.41) is 15.8. The minimum absolute atomic E-state index is 0.138. The minimum atomic E-state index is -0.685. The molecular weight excluding hydrogens is 415 g/mol. The second kappa shape index (κ2) is 9.32. The number of hydrogen-bond donors (Lipinski definition) is 3. The van der Waals surface area contributed by atoms with Crippen molar-refractivity contribution in [1.82, 2.24) is 10.2 Å². The van der Waals surface area contributed by atoms with Crippen LogP contribution in [-0.2, 0) is 14.3 Å². The maximum absolute atomic E-state index is 13.7. The number of fused-ring (bicyclic) bond motifs is 1. The number of nitrogens with one attached hydrogen (secondary N) is 2. The fourth-order valence-electron chi connectivity index (χ4n) is 4.24. The Labute approximate surface area is 185 Å². The Balaban J connectivity index is 1.44. The molecule has 2 unspecified atom stereocenters. The van der Waals surface area contributed by atoms with Gasteiger partial charge in [-0.15, -0.1) is 0 Å². The van der Waals surface area contributed by atoms with Gasteiger partial charge in [0.05, 0.1) is 36.5 Å². The molecule has 3 aliphatic heterocycles. The third-order valence-corrected chi connectivity index (χ3v) is 5.94. The second-order valence-corrected chi connectivity index (χ2v) is 8.27. The number of amides is 2. The van der Waals surface area contributed by atoms with Gasteiger partial charge in [0, 0.05) is 43.1 Å². The van der Waals surface area contributed by atoms with Crippen LogP contribution < -0.4 is 10.6 Å².